The number of ketones is 1. The Kier molecular flexibility index (Phi) is 4.53. The lowest BCUT2D eigenvalue weighted by Crippen LogP contribution is -1.93. The molecule has 0 saturated heterocycles. The van der Waals surface area contributed by atoms with Gasteiger partial charge < -0.3 is 5.11 Å². The lowest BCUT2D eigenvalue weighted by molar-refractivity contribution is 0.105. The first kappa shape index (κ1) is 12.5. The van der Waals surface area contributed by atoms with E-state index in [0.29, 0.717) is 11.1 Å². The third-order valence-corrected chi connectivity index (χ3v) is 1.97. The monoisotopic (exact) mass is 224 g/mol. The van der Waals surface area contributed by atoms with E-state index < -0.39 is 0 Å². The molecule has 0 spiro atoms. The SMILES string of the molecule is C=C/C=C(/C#CC(=O)c1ccc(O)cc1)C=C. The molecule has 0 unspecified atom stereocenters. The van der Waals surface area contributed by atoms with Crippen LogP contribution in [0.4, 0.5) is 0 Å². The molecule has 0 bridgehead atoms. The van der Waals surface area contributed by atoms with Crippen LogP contribution in [0.5, 0.6) is 5.75 Å². The molecule has 0 fully saturated rings. The van der Waals surface area contributed by atoms with Gasteiger partial charge in [-0.05, 0) is 36.3 Å². The Labute approximate surface area is 101 Å². The Bertz CT molecular complexity index is 522. The lowest BCUT2D eigenvalue weighted by Gasteiger charge is -1.93. The zero-order chi connectivity index (χ0) is 12.7. The Hall–Kier alpha value is -2.53. The number of hydrogen-bond donors (Lipinski definition) is 1. The van der Waals surface area contributed by atoms with Crippen LogP contribution in [0.1, 0.15) is 10.4 Å². The Morgan fingerprint density at radius 3 is 2.35 bits per heavy atom. The highest BCUT2D eigenvalue weighted by Crippen LogP contribution is 2.09. The standard InChI is InChI=1S/C15H12O2/c1-3-5-12(4-2)6-11-15(17)13-7-9-14(16)10-8-13/h3-5,7-10,16H,1-2H2/b12-5+. The molecule has 0 saturated carbocycles. The van der Waals surface area contributed by atoms with E-state index in [2.05, 4.69) is 25.0 Å². The molecule has 1 aromatic rings. The molecule has 0 aliphatic carbocycles. The van der Waals surface area contributed by atoms with Gasteiger partial charge in [-0.15, -0.1) is 0 Å². The third kappa shape index (κ3) is 3.84. The van der Waals surface area contributed by atoms with Crippen molar-refractivity contribution in [3.05, 3.63) is 66.8 Å². The summed E-state index contributed by atoms with van der Waals surface area (Å²) in [6.07, 6.45) is 4.81. The summed E-state index contributed by atoms with van der Waals surface area (Å²) in [6.45, 7) is 7.12. The van der Waals surface area contributed by atoms with Gasteiger partial charge in [0, 0.05) is 11.1 Å². The largest absolute Gasteiger partial charge is 0.508 e. The second-order valence-electron chi connectivity index (χ2n) is 3.19. The van der Waals surface area contributed by atoms with E-state index in [9.17, 15) is 4.79 Å². The van der Waals surface area contributed by atoms with Crippen molar-refractivity contribution in [1.82, 2.24) is 0 Å². The summed E-state index contributed by atoms with van der Waals surface area (Å²) >= 11 is 0. The van der Waals surface area contributed by atoms with Crippen LogP contribution in [0.15, 0.2) is 61.2 Å². The molecule has 0 aliphatic rings. The molecule has 0 amide bonds. The molecule has 1 aromatic carbocycles. The van der Waals surface area contributed by atoms with Crippen molar-refractivity contribution in [1.29, 1.82) is 0 Å². The van der Waals surface area contributed by atoms with Crippen molar-refractivity contribution in [2.45, 2.75) is 0 Å². The molecule has 2 nitrogen and oxygen atoms in total. The van der Waals surface area contributed by atoms with Crippen LogP contribution in [0.2, 0.25) is 0 Å². The molecule has 17 heavy (non-hydrogen) atoms. The van der Waals surface area contributed by atoms with E-state index in [1.54, 1.807) is 18.2 Å². The number of allylic oxidation sites excluding steroid dienone is 4. The summed E-state index contributed by atoms with van der Waals surface area (Å²) in [5, 5.41) is 9.08. The smallest absolute Gasteiger partial charge is 0.236 e. The number of carbonyl (C=O) groups is 1. The number of phenols is 1. The maximum Gasteiger partial charge on any atom is 0.236 e. The summed E-state index contributed by atoms with van der Waals surface area (Å²) in [7, 11) is 0. The second-order valence-corrected chi connectivity index (χ2v) is 3.19. The maximum atomic E-state index is 11.6. The van der Waals surface area contributed by atoms with Gasteiger partial charge in [0.15, 0.2) is 0 Å². The van der Waals surface area contributed by atoms with Gasteiger partial charge >= 0.3 is 0 Å². The van der Waals surface area contributed by atoms with E-state index in [-0.39, 0.29) is 11.5 Å². The van der Waals surface area contributed by atoms with Gasteiger partial charge in [0.05, 0.1) is 0 Å². The van der Waals surface area contributed by atoms with Gasteiger partial charge in [-0.25, -0.2) is 0 Å². The third-order valence-electron chi connectivity index (χ3n) is 1.97. The minimum atomic E-state index is -0.304. The summed E-state index contributed by atoms with van der Waals surface area (Å²) in [5.41, 5.74) is 1.07. The number of carbonyl (C=O) groups excluding carboxylic acids is 1. The predicted octanol–water partition coefficient (Wildman–Crippen LogP) is 2.88. The highest BCUT2D eigenvalue weighted by molar-refractivity contribution is 6.09. The fraction of sp³-hybridized carbons (Fsp3) is 0. The van der Waals surface area contributed by atoms with Crippen molar-refractivity contribution < 1.29 is 9.90 Å². The molecule has 84 valence electrons. The highest BCUT2D eigenvalue weighted by atomic mass is 16.3. The van der Waals surface area contributed by atoms with Crippen molar-refractivity contribution >= 4 is 5.78 Å². The van der Waals surface area contributed by atoms with E-state index in [1.807, 2.05) is 0 Å². The van der Waals surface area contributed by atoms with E-state index >= 15 is 0 Å². The number of phenolic OH excluding ortho intramolecular Hbond substituents is 1. The van der Waals surface area contributed by atoms with E-state index in [4.69, 9.17) is 5.11 Å². The first-order valence-electron chi connectivity index (χ1n) is 4.98. The molecule has 0 radical (unpaired) electrons. The van der Waals surface area contributed by atoms with Gasteiger partial charge in [-0.2, -0.15) is 0 Å². The zero-order valence-electron chi connectivity index (χ0n) is 9.31. The Morgan fingerprint density at radius 2 is 1.82 bits per heavy atom. The topological polar surface area (TPSA) is 37.3 Å². The molecule has 0 atom stereocenters. The minimum Gasteiger partial charge on any atom is -0.508 e. The van der Waals surface area contributed by atoms with E-state index in [0.717, 1.165) is 0 Å². The van der Waals surface area contributed by atoms with Gasteiger partial charge in [0.25, 0.3) is 0 Å². The fourth-order valence-electron chi connectivity index (χ4n) is 1.10. The number of rotatable bonds is 3. The molecule has 1 N–H and O–H groups in total. The summed E-state index contributed by atoms with van der Waals surface area (Å²) in [4.78, 5) is 11.6. The van der Waals surface area contributed by atoms with Crippen LogP contribution in [0, 0.1) is 11.8 Å². The van der Waals surface area contributed by atoms with Crippen LogP contribution in [-0.4, -0.2) is 10.9 Å². The average Bonchev–Trinajstić information content (AvgIpc) is 2.35. The van der Waals surface area contributed by atoms with E-state index in [1.165, 1.54) is 24.3 Å². The summed E-state index contributed by atoms with van der Waals surface area (Å²) in [5.74, 6) is 5.00. The second kappa shape index (κ2) is 6.14. The van der Waals surface area contributed by atoms with Gasteiger partial charge in [-0.1, -0.05) is 31.2 Å². The zero-order valence-corrected chi connectivity index (χ0v) is 9.31. The van der Waals surface area contributed by atoms with Crippen LogP contribution < -0.4 is 0 Å². The number of Topliss-reactive ketones (excluding diaryl/α,β-unsaturated/α-hetero) is 1. The molecular weight excluding hydrogens is 212 g/mol. The van der Waals surface area contributed by atoms with Crippen LogP contribution in [0.25, 0.3) is 0 Å². The predicted molar refractivity (Wildman–Crippen MR) is 68.7 cm³/mol. The van der Waals surface area contributed by atoms with Crippen molar-refractivity contribution in [3.63, 3.8) is 0 Å². The maximum absolute atomic E-state index is 11.6. The van der Waals surface area contributed by atoms with Crippen LogP contribution in [-0.2, 0) is 0 Å². The van der Waals surface area contributed by atoms with Crippen molar-refractivity contribution in [2.24, 2.45) is 0 Å². The molecule has 1 rings (SSSR count). The molecule has 0 aliphatic heterocycles. The van der Waals surface area contributed by atoms with Crippen molar-refractivity contribution in [3.8, 4) is 17.6 Å². The lowest BCUT2D eigenvalue weighted by atomic mass is 10.1. The van der Waals surface area contributed by atoms with Crippen LogP contribution in [0.3, 0.4) is 0 Å². The first-order chi connectivity index (χ1) is 8.17. The molecule has 0 aromatic heterocycles. The molecule has 2 heteroatoms. The molecule has 0 heterocycles. The first-order valence-corrected chi connectivity index (χ1v) is 4.98. The summed E-state index contributed by atoms with van der Waals surface area (Å²) in [6, 6.07) is 5.94. The number of benzene rings is 1. The van der Waals surface area contributed by atoms with Gasteiger partial charge in [-0.3, -0.25) is 4.79 Å². The number of aromatic hydroxyl groups is 1. The quantitative estimate of drug-likeness (QED) is 0.371. The average molecular weight is 224 g/mol. The Balaban J connectivity index is 2.89. The van der Waals surface area contributed by atoms with Crippen molar-refractivity contribution in [2.75, 3.05) is 0 Å². The van der Waals surface area contributed by atoms with Crippen LogP contribution >= 0.6 is 0 Å². The highest BCUT2D eigenvalue weighted by Gasteiger charge is 2.00. The minimum absolute atomic E-state index is 0.118. The summed E-state index contributed by atoms with van der Waals surface area (Å²) < 4.78 is 0. The number of hydrogen-bond acceptors (Lipinski definition) is 2. The van der Waals surface area contributed by atoms with Gasteiger partial charge in [0.1, 0.15) is 5.75 Å². The Morgan fingerprint density at radius 1 is 1.18 bits per heavy atom. The normalized spacial score (nSPS) is 10.0. The fourth-order valence-corrected chi connectivity index (χ4v) is 1.10. The molecular formula is C15H12O2. The van der Waals surface area contributed by atoms with Gasteiger partial charge in [0.2, 0.25) is 5.78 Å².